The van der Waals surface area contributed by atoms with Gasteiger partial charge in [-0.2, -0.15) is 0 Å². The minimum Gasteiger partial charge on any atom is -0.393 e. The van der Waals surface area contributed by atoms with Crippen LogP contribution in [0.2, 0.25) is 0 Å². The van der Waals surface area contributed by atoms with Gasteiger partial charge in [-0.05, 0) is 47.1 Å². The van der Waals surface area contributed by atoms with E-state index < -0.39 is 0 Å². The van der Waals surface area contributed by atoms with Gasteiger partial charge in [0.1, 0.15) is 0 Å². The molecule has 12 heavy (non-hydrogen) atoms. The lowest BCUT2D eigenvalue weighted by molar-refractivity contribution is 0.170. The molecule has 0 fully saturated rings. The quantitative estimate of drug-likeness (QED) is 0.841. The van der Waals surface area contributed by atoms with Crippen molar-refractivity contribution in [3.8, 4) is 0 Å². The molecule has 0 unspecified atom stereocenters. The normalized spacial score (nSPS) is 12.9. The summed E-state index contributed by atoms with van der Waals surface area (Å²) in [6.07, 6.45) is 1.40. The van der Waals surface area contributed by atoms with Crippen molar-refractivity contribution >= 4 is 22.6 Å². The molecule has 2 heteroatoms. The van der Waals surface area contributed by atoms with Crippen LogP contribution in [0.5, 0.6) is 0 Å². The summed E-state index contributed by atoms with van der Waals surface area (Å²) < 4.78 is 1.24. The summed E-state index contributed by atoms with van der Waals surface area (Å²) in [6.45, 7) is 2.00. The Labute approximate surface area is 86.9 Å². The zero-order chi connectivity index (χ0) is 8.97. The summed E-state index contributed by atoms with van der Waals surface area (Å²) in [5.41, 5.74) is 1.24. The number of hydrogen-bond donors (Lipinski definition) is 1. The Hall–Kier alpha value is -0.0900. The van der Waals surface area contributed by atoms with Gasteiger partial charge < -0.3 is 5.11 Å². The predicted octanol–water partition coefficient (Wildman–Crippen LogP) is 2.60. The van der Waals surface area contributed by atoms with Gasteiger partial charge in [-0.15, -0.1) is 0 Å². The highest BCUT2D eigenvalue weighted by Gasteiger charge is 2.04. The van der Waals surface area contributed by atoms with Gasteiger partial charge in [0.2, 0.25) is 0 Å². The average Bonchev–Trinajstić information content (AvgIpc) is 2.09. The second kappa shape index (κ2) is 4.82. The maximum absolute atomic E-state index is 9.43. The molecule has 1 N–H and O–H groups in total. The lowest BCUT2D eigenvalue weighted by Crippen LogP contribution is -2.09. The van der Waals surface area contributed by atoms with Gasteiger partial charge in [0.15, 0.2) is 0 Å². The minimum atomic E-state index is -0.194. The third kappa shape index (κ3) is 2.75. The van der Waals surface area contributed by atoms with Crippen molar-refractivity contribution in [3.63, 3.8) is 0 Å². The second-order valence-electron chi connectivity index (χ2n) is 2.86. The molecular weight excluding hydrogens is 263 g/mol. The smallest absolute Gasteiger partial charge is 0.0578 e. The molecule has 0 aliphatic carbocycles. The van der Waals surface area contributed by atoms with Crippen LogP contribution in [0.1, 0.15) is 18.9 Å². The fourth-order valence-corrected chi connectivity index (χ4v) is 1.67. The van der Waals surface area contributed by atoms with Crippen LogP contribution in [-0.2, 0) is 6.42 Å². The average molecular weight is 276 g/mol. The van der Waals surface area contributed by atoms with E-state index in [-0.39, 0.29) is 6.10 Å². The van der Waals surface area contributed by atoms with E-state index in [0.29, 0.717) is 0 Å². The molecule has 0 heterocycles. The maximum atomic E-state index is 9.43. The van der Waals surface area contributed by atoms with Gasteiger partial charge in [0.25, 0.3) is 0 Å². The van der Waals surface area contributed by atoms with Crippen molar-refractivity contribution < 1.29 is 5.11 Å². The highest BCUT2D eigenvalue weighted by Crippen LogP contribution is 2.14. The first-order valence-electron chi connectivity index (χ1n) is 4.15. The van der Waals surface area contributed by atoms with Crippen LogP contribution in [0.3, 0.4) is 0 Å². The molecule has 66 valence electrons. The van der Waals surface area contributed by atoms with E-state index in [0.717, 1.165) is 12.8 Å². The van der Waals surface area contributed by atoms with E-state index in [1.165, 1.54) is 9.13 Å². The maximum Gasteiger partial charge on any atom is 0.0578 e. The number of halogens is 1. The van der Waals surface area contributed by atoms with Gasteiger partial charge in [0.05, 0.1) is 6.10 Å². The lowest BCUT2D eigenvalue weighted by Gasteiger charge is -2.08. The molecular formula is C10H13IO. The van der Waals surface area contributed by atoms with Crippen LogP contribution in [0, 0.1) is 3.57 Å². The molecule has 1 aromatic carbocycles. The standard InChI is InChI=1S/C10H13IO/c1-2-9(12)7-8-5-3-4-6-10(8)11/h3-6,9,12H,2,7H2,1H3/t9-/m0/s1. The molecule has 1 aromatic rings. The first-order chi connectivity index (χ1) is 5.74. The third-order valence-electron chi connectivity index (χ3n) is 1.88. The number of aliphatic hydroxyl groups is 1. The van der Waals surface area contributed by atoms with Gasteiger partial charge in [-0.3, -0.25) is 0 Å². The Morgan fingerprint density at radius 2 is 2.08 bits per heavy atom. The molecule has 0 spiro atoms. The van der Waals surface area contributed by atoms with Gasteiger partial charge in [0, 0.05) is 3.57 Å². The largest absolute Gasteiger partial charge is 0.393 e. The summed E-state index contributed by atoms with van der Waals surface area (Å²) in [5, 5.41) is 9.43. The van der Waals surface area contributed by atoms with E-state index in [1.54, 1.807) is 0 Å². The molecule has 0 bridgehead atoms. The summed E-state index contributed by atoms with van der Waals surface area (Å²) in [4.78, 5) is 0. The first-order valence-corrected chi connectivity index (χ1v) is 5.23. The molecule has 1 nitrogen and oxygen atoms in total. The predicted molar refractivity (Wildman–Crippen MR) is 59.2 cm³/mol. The number of benzene rings is 1. The third-order valence-corrected chi connectivity index (χ3v) is 2.94. The second-order valence-corrected chi connectivity index (χ2v) is 4.02. The minimum absolute atomic E-state index is 0.194. The van der Waals surface area contributed by atoms with Gasteiger partial charge in [-0.1, -0.05) is 25.1 Å². The van der Waals surface area contributed by atoms with E-state index >= 15 is 0 Å². The molecule has 0 saturated heterocycles. The van der Waals surface area contributed by atoms with Crippen LogP contribution in [-0.4, -0.2) is 11.2 Å². The molecule has 1 atom stereocenters. The van der Waals surface area contributed by atoms with Crippen molar-refractivity contribution in [2.75, 3.05) is 0 Å². The number of rotatable bonds is 3. The summed E-state index contributed by atoms with van der Waals surface area (Å²) in [5.74, 6) is 0. The van der Waals surface area contributed by atoms with Crippen molar-refractivity contribution in [2.24, 2.45) is 0 Å². The number of hydrogen-bond acceptors (Lipinski definition) is 1. The highest BCUT2D eigenvalue weighted by molar-refractivity contribution is 14.1. The zero-order valence-electron chi connectivity index (χ0n) is 7.13. The first kappa shape index (κ1) is 9.99. The van der Waals surface area contributed by atoms with Crippen molar-refractivity contribution in [1.29, 1.82) is 0 Å². The lowest BCUT2D eigenvalue weighted by atomic mass is 10.1. The fraction of sp³-hybridized carbons (Fsp3) is 0.400. The van der Waals surface area contributed by atoms with Crippen molar-refractivity contribution in [2.45, 2.75) is 25.9 Å². The molecule has 1 rings (SSSR count). The summed E-state index contributed by atoms with van der Waals surface area (Å²) >= 11 is 2.30. The van der Waals surface area contributed by atoms with E-state index in [4.69, 9.17) is 0 Å². The molecule has 0 aliphatic rings. The van der Waals surface area contributed by atoms with Gasteiger partial charge in [-0.25, -0.2) is 0 Å². The highest BCUT2D eigenvalue weighted by atomic mass is 127. The topological polar surface area (TPSA) is 20.2 Å². The number of aliphatic hydroxyl groups excluding tert-OH is 1. The fourth-order valence-electron chi connectivity index (χ4n) is 1.06. The van der Waals surface area contributed by atoms with Crippen LogP contribution >= 0.6 is 22.6 Å². The van der Waals surface area contributed by atoms with Crippen LogP contribution in [0.25, 0.3) is 0 Å². The monoisotopic (exact) mass is 276 g/mol. The van der Waals surface area contributed by atoms with E-state index in [9.17, 15) is 5.11 Å². The zero-order valence-corrected chi connectivity index (χ0v) is 9.28. The van der Waals surface area contributed by atoms with Gasteiger partial charge >= 0.3 is 0 Å². The van der Waals surface area contributed by atoms with E-state index in [2.05, 4.69) is 34.7 Å². The van der Waals surface area contributed by atoms with Crippen LogP contribution in [0.15, 0.2) is 24.3 Å². The van der Waals surface area contributed by atoms with Crippen LogP contribution < -0.4 is 0 Å². The molecule has 0 aromatic heterocycles. The van der Waals surface area contributed by atoms with Crippen LogP contribution in [0.4, 0.5) is 0 Å². The Morgan fingerprint density at radius 1 is 1.42 bits per heavy atom. The Kier molecular flexibility index (Phi) is 4.01. The van der Waals surface area contributed by atoms with E-state index in [1.807, 2.05) is 19.1 Å². The Bertz CT molecular complexity index is 247. The van der Waals surface area contributed by atoms with Crippen molar-refractivity contribution in [1.82, 2.24) is 0 Å². The molecule has 0 aliphatic heterocycles. The molecule has 0 amide bonds. The summed E-state index contributed by atoms with van der Waals surface area (Å²) in [7, 11) is 0. The summed E-state index contributed by atoms with van der Waals surface area (Å²) in [6, 6.07) is 8.17. The Morgan fingerprint density at radius 3 is 2.67 bits per heavy atom. The van der Waals surface area contributed by atoms with Crippen molar-refractivity contribution in [3.05, 3.63) is 33.4 Å². The molecule has 0 radical (unpaired) electrons. The SMILES string of the molecule is CC[C@H](O)Cc1ccccc1I. The molecule has 0 saturated carbocycles. The Balaban J connectivity index is 2.69.